The van der Waals surface area contributed by atoms with Crippen LogP contribution in [-0.4, -0.2) is 17.9 Å². The highest BCUT2D eigenvalue weighted by Gasteiger charge is 2.09. The lowest BCUT2D eigenvalue weighted by molar-refractivity contribution is -0.125. The zero-order valence-corrected chi connectivity index (χ0v) is 11.9. The van der Waals surface area contributed by atoms with Crippen molar-refractivity contribution in [3.05, 3.63) is 58.4 Å². The predicted molar refractivity (Wildman–Crippen MR) is 74.5 cm³/mol. The molecule has 4 heteroatoms. The maximum atomic E-state index is 13.5. The average Bonchev–Trinajstić information content (AvgIpc) is 2.34. The quantitative estimate of drug-likeness (QED) is 0.613. The van der Waals surface area contributed by atoms with E-state index in [9.17, 15) is 9.18 Å². The Morgan fingerprint density at radius 1 is 1.44 bits per heavy atom. The zero-order valence-electron chi connectivity index (χ0n) is 10.4. The summed E-state index contributed by atoms with van der Waals surface area (Å²) in [4.78, 5) is 13.2. The highest BCUT2D eigenvalue weighted by molar-refractivity contribution is 9.10. The minimum atomic E-state index is -0.310. The van der Waals surface area contributed by atoms with Gasteiger partial charge in [0.15, 0.2) is 0 Å². The number of halogens is 2. The summed E-state index contributed by atoms with van der Waals surface area (Å²) in [6, 6.07) is 4.69. The lowest BCUT2D eigenvalue weighted by Gasteiger charge is -2.15. The topological polar surface area (TPSA) is 20.3 Å². The van der Waals surface area contributed by atoms with Crippen molar-refractivity contribution in [1.82, 2.24) is 4.90 Å². The molecule has 0 fully saturated rings. The van der Waals surface area contributed by atoms with E-state index in [0.717, 1.165) is 4.47 Å². The maximum Gasteiger partial charge on any atom is 0.246 e. The van der Waals surface area contributed by atoms with Gasteiger partial charge in [0, 0.05) is 29.7 Å². The minimum Gasteiger partial charge on any atom is -0.338 e. The van der Waals surface area contributed by atoms with E-state index in [1.807, 2.05) is 13.0 Å². The summed E-state index contributed by atoms with van der Waals surface area (Å²) < 4.78 is 14.3. The van der Waals surface area contributed by atoms with Crippen LogP contribution in [0.5, 0.6) is 0 Å². The number of carbonyl (C=O) groups is 1. The fourth-order valence-electron chi connectivity index (χ4n) is 1.37. The summed E-state index contributed by atoms with van der Waals surface area (Å²) in [5.74, 6) is -0.470. The van der Waals surface area contributed by atoms with E-state index < -0.39 is 0 Å². The van der Waals surface area contributed by atoms with Crippen molar-refractivity contribution in [2.24, 2.45) is 0 Å². The van der Waals surface area contributed by atoms with Crippen molar-refractivity contribution in [1.29, 1.82) is 0 Å². The molecular formula is C14H15BrFNO. The summed E-state index contributed by atoms with van der Waals surface area (Å²) in [6.45, 7) is 2.11. The van der Waals surface area contributed by atoms with Gasteiger partial charge >= 0.3 is 0 Å². The number of nitrogens with zero attached hydrogens (tertiary/aromatic N) is 1. The lowest BCUT2D eigenvalue weighted by atomic mass is 10.2. The number of carbonyl (C=O) groups excluding carboxylic acids is 1. The summed E-state index contributed by atoms with van der Waals surface area (Å²) >= 11 is 3.28. The van der Waals surface area contributed by atoms with Gasteiger partial charge in [-0.25, -0.2) is 4.39 Å². The molecule has 18 heavy (non-hydrogen) atoms. The van der Waals surface area contributed by atoms with Crippen LogP contribution in [0.1, 0.15) is 12.5 Å². The number of likely N-dealkylation sites (N-methyl/N-ethyl adjacent to an activating group) is 1. The third kappa shape index (κ3) is 4.45. The van der Waals surface area contributed by atoms with Gasteiger partial charge in [0.25, 0.3) is 0 Å². The van der Waals surface area contributed by atoms with E-state index in [0.29, 0.717) is 5.56 Å². The standard InChI is InChI=1S/C14H15BrFNO/c1-3-4-5-6-14(18)17(2)10-11-9-12(15)7-8-13(11)16/h3-9H,10H2,1-2H3/b4-3+,6-5+. The molecule has 0 aliphatic rings. The average molecular weight is 312 g/mol. The first kappa shape index (κ1) is 14.6. The molecule has 0 saturated carbocycles. The molecule has 0 aliphatic heterocycles. The van der Waals surface area contributed by atoms with E-state index in [-0.39, 0.29) is 18.3 Å². The van der Waals surface area contributed by atoms with Gasteiger partial charge in [-0.05, 0) is 25.1 Å². The third-order valence-electron chi connectivity index (χ3n) is 2.33. The van der Waals surface area contributed by atoms with Crippen molar-refractivity contribution >= 4 is 21.8 Å². The first-order chi connectivity index (χ1) is 8.54. The molecule has 0 bridgehead atoms. The van der Waals surface area contributed by atoms with E-state index in [1.54, 1.807) is 31.3 Å². The van der Waals surface area contributed by atoms with Gasteiger partial charge in [-0.1, -0.05) is 34.2 Å². The highest BCUT2D eigenvalue weighted by Crippen LogP contribution is 2.16. The monoisotopic (exact) mass is 311 g/mol. The molecule has 0 unspecified atom stereocenters. The summed E-state index contributed by atoms with van der Waals surface area (Å²) in [6.07, 6.45) is 6.72. The second-order valence-electron chi connectivity index (χ2n) is 3.81. The molecule has 2 nitrogen and oxygen atoms in total. The number of benzene rings is 1. The molecule has 1 aromatic rings. The van der Waals surface area contributed by atoms with Crippen LogP contribution >= 0.6 is 15.9 Å². The maximum absolute atomic E-state index is 13.5. The van der Waals surface area contributed by atoms with Crippen molar-refractivity contribution in [3.63, 3.8) is 0 Å². The second-order valence-corrected chi connectivity index (χ2v) is 4.73. The zero-order chi connectivity index (χ0) is 13.5. The van der Waals surface area contributed by atoms with Gasteiger partial charge in [-0.2, -0.15) is 0 Å². The fraction of sp³-hybridized carbons (Fsp3) is 0.214. The van der Waals surface area contributed by atoms with Gasteiger partial charge < -0.3 is 4.90 Å². The molecule has 0 radical (unpaired) electrons. The summed E-state index contributed by atoms with van der Waals surface area (Å²) in [5, 5.41) is 0. The van der Waals surface area contributed by atoms with Gasteiger partial charge in [0.05, 0.1) is 0 Å². The first-order valence-corrected chi connectivity index (χ1v) is 6.32. The molecule has 1 rings (SSSR count). The summed E-state index contributed by atoms with van der Waals surface area (Å²) in [7, 11) is 1.64. The molecule has 0 saturated heterocycles. The van der Waals surface area contributed by atoms with Crippen LogP contribution in [0, 0.1) is 5.82 Å². The van der Waals surface area contributed by atoms with Crippen molar-refractivity contribution < 1.29 is 9.18 Å². The molecule has 0 spiro atoms. The molecule has 96 valence electrons. The van der Waals surface area contributed by atoms with Crippen LogP contribution < -0.4 is 0 Å². The van der Waals surface area contributed by atoms with E-state index in [1.165, 1.54) is 17.0 Å². The SMILES string of the molecule is C/C=C/C=C/C(=O)N(C)Cc1cc(Br)ccc1F. The van der Waals surface area contributed by atoms with Gasteiger partial charge in [0.1, 0.15) is 5.82 Å². The van der Waals surface area contributed by atoms with Crippen LogP contribution in [0.15, 0.2) is 47.0 Å². The minimum absolute atomic E-state index is 0.160. The van der Waals surface area contributed by atoms with Crippen molar-refractivity contribution in [2.75, 3.05) is 7.05 Å². The van der Waals surface area contributed by atoms with Gasteiger partial charge in [0.2, 0.25) is 5.91 Å². The van der Waals surface area contributed by atoms with Gasteiger partial charge in [-0.15, -0.1) is 0 Å². The third-order valence-corrected chi connectivity index (χ3v) is 2.83. The Labute approximate surface area is 115 Å². The lowest BCUT2D eigenvalue weighted by Crippen LogP contribution is -2.24. The van der Waals surface area contributed by atoms with Crippen LogP contribution in [-0.2, 0) is 11.3 Å². The van der Waals surface area contributed by atoms with E-state index >= 15 is 0 Å². The molecule has 0 aliphatic carbocycles. The normalized spacial score (nSPS) is 11.3. The Hall–Kier alpha value is -1.42. The van der Waals surface area contributed by atoms with Crippen molar-refractivity contribution in [2.45, 2.75) is 13.5 Å². The van der Waals surface area contributed by atoms with Crippen LogP contribution in [0.4, 0.5) is 4.39 Å². The highest BCUT2D eigenvalue weighted by atomic mass is 79.9. The second kappa shape index (κ2) is 7.11. The molecule has 0 heterocycles. The van der Waals surface area contributed by atoms with Crippen LogP contribution in [0.25, 0.3) is 0 Å². The van der Waals surface area contributed by atoms with Crippen LogP contribution in [0.3, 0.4) is 0 Å². The number of rotatable bonds is 4. The Balaban J connectivity index is 2.72. The molecule has 0 N–H and O–H groups in total. The number of hydrogen-bond donors (Lipinski definition) is 0. The predicted octanol–water partition coefficient (Wildman–Crippen LogP) is 3.68. The number of allylic oxidation sites excluding steroid dienone is 3. The van der Waals surface area contributed by atoms with Crippen LogP contribution in [0.2, 0.25) is 0 Å². The van der Waals surface area contributed by atoms with Crippen molar-refractivity contribution in [3.8, 4) is 0 Å². The number of hydrogen-bond acceptors (Lipinski definition) is 1. The Bertz CT molecular complexity index is 483. The molecule has 1 amide bonds. The molecule has 0 atom stereocenters. The van der Waals surface area contributed by atoms with E-state index in [4.69, 9.17) is 0 Å². The number of amides is 1. The Morgan fingerprint density at radius 2 is 2.17 bits per heavy atom. The molecular weight excluding hydrogens is 297 g/mol. The fourth-order valence-corrected chi connectivity index (χ4v) is 1.78. The summed E-state index contributed by atoms with van der Waals surface area (Å²) in [5.41, 5.74) is 0.486. The largest absolute Gasteiger partial charge is 0.338 e. The first-order valence-electron chi connectivity index (χ1n) is 5.53. The smallest absolute Gasteiger partial charge is 0.246 e. The molecule has 1 aromatic carbocycles. The Kier molecular flexibility index (Phi) is 5.78. The Morgan fingerprint density at radius 3 is 2.83 bits per heavy atom. The van der Waals surface area contributed by atoms with Gasteiger partial charge in [-0.3, -0.25) is 4.79 Å². The van der Waals surface area contributed by atoms with E-state index in [2.05, 4.69) is 15.9 Å². The molecule has 0 aromatic heterocycles.